The van der Waals surface area contributed by atoms with Crippen molar-refractivity contribution in [1.82, 2.24) is 21.1 Å². The average Bonchev–Trinajstić information content (AvgIpc) is 3.53. The lowest BCUT2D eigenvalue weighted by atomic mass is 9.90. The number of halogens is 2. The van der Waals surface area contributed by atoms with Crippen LogP contribution >= 0.6 is 23.2 Å². The molecule has 2 amide bonds. The Bertz CT molecular complexity index is 1980. The van der Waals surface area contributed by atoms with Crippen molar-refractivity contribution in [1.29, 1.82) is 0 Å². The Labute approximate surface area is 303 Å². The number of carboxylic acid groups (broad SMARTS) is 1. The average molecular weight is 734 g/mol. The summed E-state index contributed by atoms with van der Waals surface area (Å²) in [7, 11) is 0. The number of ether oxygens (including phenoxy) is 1. The van der Waals surface area contributed by atoms with Gasteiger partial charge in [0.2, 0.25) is 0 Å². The minimum atomic E-state index is -1.80. The quantitative estimate of drug-likeness (QED) is 0.128. The van der Waals surface area contributed by atoms with Crippen LogP contribution < -0.4 is 16.1 Å². The van der Waals surface area contributed by atoms with Gasteiger partial charge in [-0.3, -0.25) is 34.5 Å². The van der Waals surface area contributed by atoms with Gasteiger partial charge in [-0.05, 0) is 41.1 Å². The van der Waals surface area contributed by atoms with Gasteiger partial charge in [0.05, 0.1) is 33.8 Å². The van der Waals surface area contributed by atoms with Gasteiger partial charge in [0.25, 0.3) is 11.8 Å². The number of carbonyl (C=O) groups excluding carboxylic acids is 4. The summed E-state index contributed by atoms with van der Waals surface area (Å²) in [5, 5.41) is 16.8. The fourth-order valence-corrected chi connectivity index (χ4v) is 6.07. The van der Waals surface area contributed by atoms with Crippen LogP contribution in [-0.4, -0.2) is 63.9 Å². The number of hydroxylamine groups is 1. The second kappa shape index (κ2) is 16.2. The number of amides is 2. The lowest BCUT2D eigenvalue weighted by Crippen LogP contribution is -2.54. The number of Topliss-reactive ketones (excluding diaryl/α,β-unsaturated/α-hetero) is 1. The monoisotopic (exact) mass is 732 g/mol. The summed E-state index contributed by atoms with van der Waals surface area (Å²) in [6.45, 7) is 2.86. The first-order valence-corrected chi connectivity index (χ1v) is 16.7. The van der Waals surface area contributed by atoms with Crippen molar-refractivity contribution < 1.29 is 38.7 Å². The summed E-state index contributed by atoms with van der Waals surface area (Å²) in [6, 6.07) is 20.2. The maximum Gasteiger partial charge on any atom is 0.341 e. The number of nitrogens with zero attached hydrogens (tertiary/aromatic N) is 1. The normalized spacial score (nSPS) is 16.5. The van der Waals surface area contributed by atoms with Gasteiger partial charge < -0.3 is 20.5 Å². The number of fused-ring (bicyclic) bond motifs is 1. The van der Waals surface area contributed by atoms with Crippen LogP contribution in [0, 0.1) is 5.92 Å². The molecule has 0 spiro atoms. The van der Waals surface area contributed by atoms with E-state index in [-0.39, 0.29) is 33.6 Å². The number of rotatable bonds is 14. The van der Waals surface area contributed by atoms with E-state index in [1.54, 1.807) is 42.6 Å². The predicted octanol–water partition coefficient (Wildman–Crippen LogP) is 5.08. The van der Waals surface area contributed by atoms with Gasteiger partial charge in [-0.25, -0.2) is 4.79 Å². The highest BCUT2D eigenvalue weighted by atomic mass is 35.5. The molecule has 4 N–H and O–H groups in total. The first-order valence-electron chi connectivity index (χ1n) is 15.9. The molecule has 0 bridgehead atoms. The van der Waals surface area contributed by atoms with Gasteiger partial charge in [0.15, 0.2) is 18.0 Å². The number of hydrogen-bond donors (Lipinski definition) is 4. The Morgan fingerprint density at radius 2 is 1.59 bits per heavy atom. The minimum Gasteiger partial charge on any atom is -0.481 e. The fraction of sp³-hybridized carbons (Fsp3) is 0.243. The Morgan fingerprint density at radius 3 is 2.25 bits per heavy atom. The Balaban J connectivity index is 1.39. The van der Waals surface area contributed by atoms with Gasteiger partial charge >= 0.3 is 11.9 Å². The molecule has 0 fully saturated rings. The number of pyridine rings is 1. The number of carboxylic acids is 1. The van der Waals surface area contributed by atoms with E-state index < -0.39 is 60.2 Å². The van der Waals surface area contributed by atoms with Gasteiger partial charge in [0.1, 0.15) is 11.7 Å². The summed E-state index contributed by atoms with van der Waals surface area (Å²) in [5.74, 6) is -4.79. The van der Waals surface area contributed by atoms with Crippen LogP contribution in [0.1, 0.15) is 46.7 Å². The van der Waals surface area contributed by atoms with Crippen LogP contribution in [0.4, 0.5) is 0 Å². The highest BCUT2D eigenvalue weighted by molar-refractivity contribution is 6.39. The number of ketones is 1. The molecule has 0 saturated heterocycles. The lowest BCUT2D eigenvalue weighted by Gasteiger charge is -2.27. The molecule has 1 aromatic heterocycles. The number of carbonyl (C=O) groups is 5. The maximum atomic E-state index is 14.1. The Hall–Kier alpha value is -5.30. The largest absolute Gasteiger partial charge is 0.481 e. The van der Waals surface area contributed by atoms with Crippen LogP contribution in [0.3, 0.4) is 0 Å². The molecular weight excluding hydrogens is 699 g/mol. The van der Waals surface area contributed by atoms with Gasteiger partial charge in [-0.15, -0.1) is 0 Å². The number of nitrogens with one attached hydrogen (secondary N) is 3. The summed E-state index contributed by atoms with van der Waals surface area (Å²) in [4.78, 5) is 75.5. The second-order valence-corrected chi connectivity index (χ2v) is 13.0. The van der Waals surface area contributed by atoms with Crippen molar-refractivity contribution in [3.05, 3.63) is 124 Å². The summed E-state index contributed by atoms with van der Waals surface area (Å²) < 4.78 is 5.11. The van der Waals surface area contributed by atoms with E-state index in [9.17, 15) is 29.1 Å². The Kier molecular flexibility index (Phi) is 11.7. The van der Waals surface area contributed by atoms with E-state index >= 15 is 0 Å². The van der Waals surface area contributed by atoms with Crippen LogP contribution in [0.15, 0.2) is 96.8 Å². The number of aliphatic carboxylic acids is 1. The molecule has 264 valence electrons. The van der Waals surface area contributed by atoms with E-state index in [1.165, 1.54) is 24.3 Å². The predicted molar refractivity (Wildman–Crippen MR) is 189 cm³/mol. The zero-order chi connectivity index (χ0) is 36.7. The molecule has 51 heavy (non-hydrogen) atoms. The number of hydrogen-bond acceptors (Lipinski definition) is 9. The lowest BCUT2D eigenvalue weighted by molar-refractivity contribution is -0.148. The van der Waals surface area contributed by atoms with E-state index in [0.717, 1.165) is 10.8 Å². The molecule has 0 saturated carbocycles. The zero-order valence-electron chi connectivity index (χ0n) is 27.5. The van der Waals surface area contributed by atoms with Gasteiger partial charge in [-0.1, -0.05) is 97.7 Å². The van der Waals surface area contributed by atoms with Crippen molar-refractivity contribution in [2.45, 2.75) is 44.4 Å². The molecule has 12 nitrogen and oxygen atoms in total. The van der Waals surface area contributed by atoms with Crippen LogP contribution in [-0.2, 0) is 30.4 Å². The Morgan fingerprint density at radius 1 is 0.922 bits per heavy atom. The third kappa shape index (κ3) is 8.90. The van der Waals surface area contributed by atoms with Gasteiger partial charge in [0, 0.05) is 18.0 Å². The molecule has 3 atom stereocenters. The third-order valence-corrected chi connectivity index (χ3v) is 8.80. The molecule has 0 radical (unpaired) electrons. The molecular formula is C37H34Cl2N4O8. The van der Waals surface area contributed by atoms with Crippen molar-refractivity contribution in [3.8, 4) is 0 Å². The van der Waals surface area contributed by atoms with E-state index in [2.05, 4.69) is 21.1 Å². The maximum absolute atomic E-state index is 14.1. The van der Waals surface area contributed by atoms with Crippen molar-refractivity contribution in [2.24, 2.45) is 5.92 Å². The van der Waals surface area contributed by atoms with Crippen LogP contribution in [0.25, 0.3) is 10.8 Å². The van der Waals surface area contributed by atoms with Crippen molar-refractivity contribution in [2.75, 3.05) is 6.61 Å². The SMILES string of the molecule is CC(C)[C@H](NC(=O)c1cc2ccccc2cn1)C1=CC(Cc2ccccc2)(C(=O)N[C@@H](CC(=O)O)C(=O)COC(=O)c2c(Cl)cccc2Cl)ON1. The topological polar surface area (TPSA) is 173 Å². The molecule has 0 aliphatic carbocycles. The third-order valence-electron chi connectivity index (χ3n) is 8.17. The van der Waals surface area contributed by atoms with E-state index in [4.69, 9.17) is 32.8 Å². The highest BCUT2D eigenvalue weighted by Crippen LogP contribution is 2.30. The van der Waals surface area contributed by atoms with E-state index in [1.807, 2.05) is 38.1 Å². The number of benzene rings is 3. The fourth-order valence-electron chi connectivity index (χ4n) is 5.52. The molecule has 3 aromatic carbocycles. The second-order valence-electron chi connectivity index (χ2n) is 12.2. The van der Waals surface area contributed by atoms with Crippen molar-refractivity contribution in [3.63, 3.8) is 0 Å². The highest BCUT2D eigenvalue weighted by Gasteiger charge is 2.46. The number of aromatic nitrogens is 1. The van der Waals surface area contributed by atoms with Crippen molar-refractivity contribution >= 4 is 63.5 Å². The number of esters is 1. The standard InChI is InChI=1S/C37H34Cl2N4O8/c1-21(2)33(42-34(47)28-15-23-11-6-7-12-24(23)19-40-28)29-18-37(51-43-29,17-22-9-4-3-5-10-22)36(49)41-27(16-31(45)46)30(44)20-50-35(48)32-25(38)13-8-14-26(32)39/h3-15,18-19,21,27,33,43H,16-17,20H2,1-2H3,(H,41,49)(H,42,47)(H,45,46)/t27-,33-,37?/m0/s1. The molecule has 1 aliphatic rings. The van der Waals surface area contributed by atoms with Crippen LogP contribution in [0.2, 0.25) is 10.0 Å². The smallest absolute Gasteiger partial charge is 0.341 e. The first-order chi connectivity index (χ1) is 24.4. The summed E-state index contributed by atoms with van der Waals surface area (Å²) >= 11 is 12.1. The molecule has 1 unspecified atom stereocenters. The molecule has 5 rings (SSSR count). The molecule has 14 heteroatoms. The summed E-state index contributed by atoms with van der Waals surface area (Å²) in [5.41, 5.74) is 2.07. The van der Waals surface area contributed by atoms with E-state index in [0.29, 0.717) is 11.3 Å². The zero-order valence-corrected chi connectivity index (χ0v) is 29.0. The minimum absolute atomic E-state index is 0.00363. The molecule has 1 aliphatic heterocycles. The molecule has 2 heterocycles. The first kappa shape index (κ1) is 37.0. The summed E-state index contributed by atoms with van der Waals surface area (Å²) in [6.07, 6.45) is 2.27. The molecule has 4 aromatic rings. The van der Waals surface area contributed by atoms with Crippen LogP contribution in [0.5, 0.6) is 0 Å². The van der Waals surface area contributed by atoms with Gasteiger partial charge in [-0.2, -0.15) is 0 Å².